The molecule has 0 spiro atoms. The van der Waals surface area contributed by atoms with Gasteiger partial charge in [0.15, 0.2) is 0 Å². The fourth-order valence-corrected chi connectivity index (χ4v) is 2.81. The van der Waals surface area contributed by atoms with Crippen LogP contribution in [0.25, 0.3) is 22.4 Å². The Bertz CT molecular complexity index is 766. The van der Waals surface area contributed by atoms with Gasteiger partial charge in [0.25, 0.3) is 0 Å². The number of benzene rings is 2. The Morgan fingerprint density at radius 2 is 1.67 bits per heavy atom. The molecule has 0 aliphatic heterocycles. The molecule has 0 aliphatic carbocycles. The summed E-state index contributed by atoms with van der Waals surface area (Å²) in [4.78, 5) is 4.87. The zero-order valence-corrected chi connectivity index (χ0v) is 13.2. The molecule has 0 bridgehead atoms. The van der Waals surface area contributed by atoms with E-state index in [9.17, 15) is 0 Å². The van der Waals surface area contributed by atoms with Gasteiger partial charge in [-0.05, 0) is 43.5 Å². The Kier molecular flexibility index (Phi) is 3.54. The predicted octanol–water partition coefficient (Wildman–Crippen LogP) is 5.41. The maximum atomic E-state index is 4.87. The van der Waals surface area contributed by atoms with E-state index >= 15 is 0 Å². The summed E-state index contributed by atoms with van der Waals surface area (Å²) in [6, 6.07) is 17.5. The standard InChI is InChI=1S/C19H22N2/c1-13(2)15-8-7-9-16(12-15)19-20-17-10-5-6-11-18(17)21(19)14(3)4/h5-14H,1-4H3. The molecule has 0 saturated heterocycles. The molecule has 108 valence electrons. The molecule has 0 fully saturated rings. The minimum absolute atomic E-state index is 0.384. The van der Waals surface area contributed by atoms with Crippen molar-refractivity contribution in [2.45, 2.75) is 39.7 Å². The zero-order valence-electron chi connectivity index (χ0n) is 13.2. The van der Waals surface area contributed by atoms with Gasteiger partial charge in [-0.2, -0.15) is 0 Å². The van der Waals surface area contributed by atoms with E-state index in [1.165, 1.54) is 16.6 Å². The molecule has 21 heavy (non-hydrogen) atoms. The number of para-hydroxylation sites is 2. The van der Waals surface area contributed by atoms with Crippen LogP contribution in [0, 0.1) is 0 Å². The van der Waals surface area contributed by atoms with E-state index in [1.54, 1.807) is 0 Å². The molecule has 2 heteroatoms. The summed E-state index contributed by atoms with van der Waals surface area (Å²) in [5, 5.41) is 0. The van der Waals surface area contributed by atoms with Crippen LogP contribution in [0.2, 0.25) is 0 Å². The van der Waals surface area contributed by atoms with E-state index in [-0.39, 0.29) is 0 Å². The minimum atomic E-state index is 0.384. The minimum Gasteiger partial charge on any atom is -0.321 e. The first-order chi connectivity index (χ1) is 10.1. The van der Waals surface area contributed by atoms with Crippen molar-refractivity contribution in [1.82, 2.24) is 9.55 Å². The number of fused-ring (bicyclic) bond motifs is 1. The number of hydrogen-bond acceptors (Lipinski definition) is 1. The van der Waals surface area contributed by atoms with Crippen molar-refractivity contribution in [3.8, 4) is 11.4 Å². The van der Waals surface area contributed by atoms with Gasteiger partial charge in [0.05, 0.1) is 11.0 Å². The van der Waals surface area contributed by atoms with E-state index in [4.69, 9.17) is 4.98 Å². The summed E-state index contributed by atoms with van der Waals surface area (Å²) in [5.74, 6) is 1.59. The molecular formula is C19H22N2. The van der Waals surface area contributed by atoms with Crippen LogP contribution in [0.1, 0.15) is 45.2 Å². The first-order valence-corrected chi connectivity index (χ1v) is 7.65. The highest BCUT2D eigenvalue weighted by molar-refractivity contribution is 5.81. The van der Waals surface area contributed by atoms with Gasteiger partial charge >= 0.3 is 0 Å². The molecular weight excluding hydrogens is 256 g/mol. The first kappa shape index (κ1) is 13.9. The summed E-state index contributed by atoms with van der Waals surface area (Å²) >= 11 is 0. The molecule has 3 aromatic rings. The molecule has 2 aromatic carbocycles. The Labute approximate surface area is 126 Å². The Morgan fingerprint density at radius 1 is 0.905 bits per heavy atom. The maximum Gasteiger partial charge on any atom is 0.141 e. The average molecular weight is 278 g/mol. The Balaban J connectivity index is 2.24. The van der Waals surface area contributed by atoms with Crippen LogP contribution in [0.5, 0.6) is 0 Å². The molecule has 0 N–H and O–H groups in total. The quantitative estimate of drug-likeness (QED) is 0.626. The van der Waals surface area contributed by atoms with Crippen molar-refractivity contribution < 1.29 is 0 Å². The van der Waals surface area contributed by atoms with E-state index < -0.39 is 0 Å². The van der Waals surface area contributed by atoms with Crippen LogP contribution in [-0.2, 0) is 0 Å². The number of imidazole rings is 1. The van der Waals surface area contributed by atoms with Crippen molar-refractivity contribution in [3.05, 3.63) is 54.1 Å². The second kappa shape index (κ2) is 5.36. The zero-order chi connectivity index (χ0) is 15.0. The summed E-state index contributed by atoms with van der Waals surface area (Å²) in [6.07, 6.45) is 0. The maximum absolute atomic E-state index is 4.87. The van der Waals surface area contributed by atoms with Crippen LogP contribution in [0.3, 0.4) is 0 Å². The van der Waals surface area contributed by atoms with E-state index in [0.29, 0.717) is 12.0 Å². The molecule has 1 aromatic heterocycles. The lowest BCUT2D eigenvalue weighted by atomic mass is 10.0. The van der Waals surface area contributed by atoms with Gasteiger partial charge in [-0.15, -0.1) is 0 Å². The molecule has 0 saturated carbocycles. The Hall–Kier alpha value is -2.09. The fourth-order valence-electron chi connectivity index (χ4n) is 2.81. The van der Waals surface area contributed by atoms with Crippen LogP contribution in [0.4, 0.5) is 0 Å². The number of aromatic nitrogens is 2. The lowest BCUT2D eigenvalue weighted by Crippen LogP contribution is -2.03. The summed E-state index contributed by atoms with van der Waals surface area (Å²) < 4.78 is 2.33. The van der Waals surface area contributed by atoms with E-state index in [2.05, 4.69) is 74.7 Å². The van der Waals surface area contributed by atoms with Gasteiger partial charge in [0.1, 0.15) is 5.82 Å². The van der Waals surface area contributed by atoms with Crippen LogP contribution in [0.15, 0.2) is 48.5 Å². The SMILES string of the molecule is CC(C)c1cccc(-c2nc3ccccc3n2C(C)C)c1. The monoisotopic (exact) mass is 278 g/mol. The molecule has 0 aliphatic rings. The number of rotatable bonds is 3. The molecule has 3 rings (SSSR count). The van der Waals surface area contributed by atoms with Crippen molar-refractivity contribution >= 4 is 11.0 Å². The molecule has 0 atom stereocenters. The summed E-state index contributed by atoms with van der Waals surface area (Å²) in [7, 11) is 0. The highest BCUT2D eigenvalue weighted by Crippen LogP contribution is 2.29. The van der Waals surface area contributed by atoms with E-state index in [1.807, 2.05) is 6.07 Å². The first-order valence-electron chi connectivity index (χ1n) is 7.65. The van der Waals surface area contributed by atoms with Crippen molar-refractivity contribution in [2.75, 3.05) is 0 Å². The van der Waals surface area contributed by atoms with Crippen molar-refractivity contribution in [1.29, 1.82) is 0 Å². The van der Waals surface area contributed by atoms with Gasteiger partial charge in [-0.1, -0.05) is 44.2 Å². The highest BCUT2D eigenvalue weighted by Gasteiger charge is 2.15. The Morgan fingerprint density at radius 3 is 2.38 bits per heavy atom. The van der Waals surface area contributed by atoms with Gasteiger partial charge in [-0.25, -0.2) is 4.98 Å². The van der Waals surface area contributed by atoms with Gasteiger partial charge < -0.3 is 4.57 Å². The molecule has 1 heterocycles. The predicted molar refractivity (Wildman–Crippen MR) is 89.6 cm³/mol. The van der Waals surface area contributed by atoms with Crippen molar-refractivity contribution in [2.24, 2.45) is 0 Å². The lowest BCUT2D eigenvalue weighted by molar-refractivity contribution is 0.624. The second-order valence-corrected chi connectivity index (χ2v) is 6.17. The summed E-state index contributed by atoms with van der Waals surface area (Å²) in [5.41, 5.74) is 4.83. The third kappa shape index (κ3) is 2.46. The third-order valence-corrected chi connectivity index (χ3v) is 3.92. The lowest BCUT2D eigenvalue weighted by Gasteiger charge is -2.14. The fraction of sp³-hybridized carbons (Fsp3) is 0.316. The summed E-state index contributed by atoms with van der Waals surface area (Å²) in [6.45, 7) is 8.88. The van der Waals surface area contributed by atoms with Crippen LogP contribution in [-0.4, -0.2) is 9.55 Å². The van der Waals surface area contributed by atoms with E-state index in [0.717, 1.165) is 11.3 Å². The van der Waals surface area contributed by atoms with Gasteiger partial charge in [-0.3, -0.25) is 0 Å². The largest absolute Gasteiger partial charge is 0.321 e. The number of nitrogens with zero attached hydrogens (tertiary/aromatic N) is 2. The van der Waals surface area contributed by atoms with Crippen LogP contribution >= 0.6 is 0 Å². The van der Waals surface area contributed by atoms with Gasteiger partial charge in [0, 0.05) is 11.6 Å². The molecule has 0 amide bonds. The van der Waals surface area contributed by atoms with Gasteiger partial charge in [0.2, 0.25) is 0 Å². The molecule has 2 nitrogen and oxygen atoms in total. The highest BCUT2D eigenvalue weighted by atomic mass is 15.1. The topological polar surface area (TPSA) is 17.8 Å². The average Bonchev–Trinajstić information content (AvgIpc) is 2.87. The smallest absolute Gasteiger partial charge is 0.141 e. The molecule has 0 unspecified atom stereocenters. The number of hydrogen-bond donors (Lipinski definition) is 0. The van der Waals surface area contributed by atoms with Crippen molar-refractivity contribution in [3.63, 3.8) is 0 Å². The molecule has 0 radical (unpaired) electrons. The second-order valence-electron chi connectivity index (χ2n) is 6.17. The third-order valence-electron chi connectivity index (χ3n) is 3.92. The van der Waals surface area contributed by atoms with Crippen LogP contribution < -0.4 is 0 Å². The normalized spacial score (nSPS) is 11.7.